The minimum Gasteiger partial charge on any atom is -0.427 e. The Hall–Kier alpha value is -2.44. The Labute approximate surface area is 154 Å². The Balaban J connectivity index is 1.85. The number of tetrazole rings is 1. The number of nitrogens with zero attached hydrogens (tertiary/aromatic N) is 4. The number of nitrogens with one attached hydrogen (secondary N) is 1. The van der Waals surface area contributed by atoms with Crippen LogP contribution < -0.4 is 11.1 Å². The monoisotopic (exact) mass is 382 g/mol. The minimum atomic E-state index is -1.35. The lowest BCUT2D eigenvalue weighted by molar-refractivity contribution is -0.122. The first kappa shape index (κ1) is 20.9. The summed E-state index contributed by atoms with van der Waals surface area (Å²) in [4.78, 5) is 12.1. The second-order valence-corrected chi connectivity index (χ2v) is 6.08. The van der Waals surface area contributed by atoms with Crippen LogP contribution >= 0.6 is 0 Å². The first-order chi connectivity index (χ1) is 12.9. The van der Waals surface area contributed by atoms with Crippen LogP contribution in [0.2, 0.25) is 6.32 Å². The third kappa shape index (κ3) is 6.66. The smallest absolute Gasteiger partial charge is 0.427 e. The molecule has 5 N–H and O–H groups in total. The van der Waals surface area contributed by atoms with Crippen molar-refractivity contribution in [1.29, 1.82) is 0 Å². The van der Waals surface area contributed by atoms with Gasteiger partial charge in [-0.25, -0.2) is 13.5 Å². The molecule has 1 unspecified atom stereocenters. The Morgan fingerprint density at radius 1 is 1.33 bits per heavy atom. The van der Waals surface area contributed by atoms with Gasteiger partial charge in [-0.05, 0) is 41.4 Å². The van der Waals surface area contributed by atoms with Gasteiger partial charge in [-0.2, -0.15) is 0 Å². The van der Waals surface area contributed by atoms with Crippen molar-refractivity contribution < 1.29 is 23.6 Å². The van der Waals surface area contributed by atoms with Gasteiger partial charge in [-0.1, -0.05) is 12.8 Å². The summed E-state index contributed by atoms with van der Waals surface area (Å²) in [6.07, 6.45) is 1.96. The summed E-state index contributed by atoms with van der Waals surface area (Å²) < 4.78 is 27.9. The summed E-state index contributed by atoms with van der Waals surface area (Å²) in [5.74, 6) is -1.38. The summed E-state index contributed by atoms with van der Waals surface area (Å²) in [5, 5.41) is 31.1. The van der Waals surface area contributed by atoms with Crippen molar-refractivity contribution in [1.82, 2.24) is 25.5 Å². The maximum atomic E-state index is 13.6. The van der Waals surface area contributed by atoms with Gasteiger partial charge in [0.05, 0.1) is 6.04 Å². The number of benzene rings is 1. The fourth-order valence-corrected chi connectivity index (χ4v) is 2.47. The van der Waals surface area contributed by atoms with Crippen LogP contribution in [0.1, 0.15) is 36.7 Å². The molecule has 0 aliphatic rings. The van der Waals surface area contributed by atoms with Crippen molar-refractivity contribution in [3.05, 3.63) is 41.2 Å². The van der Waals surface area contributed by atoms with Crippen molar-refractivity contribution >= 4 is 13.0 Å². The van der Waals surface area contributed by atoms with Crippen molar-refractivity contribution in [2.24, 2.45) is 5.73 Å². The number of rotatable bonds is 10. The molecule has 146 valence electrons. The molecule has 1 heterocycles. The predicted octanol–water partition coefficient (Wildman–Crippen LogP) is -0.0894. The number of hydrogen-bond donors (Lipinski definition) is 4. The molecular formula is C15H21BF2N6O3. The lowest BCUT2D eigenvalue weighted by atomic mass is 9.83. The predicted molar refractivity (Wildman–Crippen MR) is 91.8 cm³/mol. The average Bonchev–Trinajstić information content (AvgIpc) is 3.07. The van der Waals surface area contributed by atoms with E-state index in [9.17, 15) is 13.6 Å². The van der Waals surface area contributed by atoms with Crippen LogP contribution in [0.25, 0.3) is 0 Å². The van der Waals surface area contributed by atoms with Crippen LogP contribution in [0, 0.1) is 11.6 Å². The fourth-order valence-electron chi connectivity index (χ4n) is 2.47. The van der Waals surface area contributed by atoms with Crippen LogP contribution in [-0.2, 0) is 17.9 Å². The first-order valence-corrected chi connectivity index (χ1v) is 8.45. The number of carbonyl (C=O) groups excluding carboxylic acids is 1. The zero-order chi connectivity index (χ0) is 19.8. The van der Waals surface area contributed by atoms with E-state index in [0.29, 0.717) is 25.1 Å². The summed E-state index contributed by atoms with van der Waals surface area (Å²) in [5.41, 5.74) is 6.05. The number of nitrogens with two attached hydrogens (primary N) is 1. The molecule has 1 atom stereocenters. The normalized spacial score (nSPS) is 12.0. The van der Waals surface area contributed by atoms with Gasteiger partial charge >= 0.3 is 7.12 Å². The third-order valence-corrected chi connectivity index (χ3v) is 3.90. The van der Waals surface area contributed by atoms with Gasteiger partial charge in [0.25, 0.3) is 0 Å². The third-order valence-electron chi connectivity index (χ3n) is 3.90. The van der Waals surface area contributed by atoms with Crippen LogP contribution in [0.4, 0.5) is 8.78 Å². The highest BCUT2D eigenvalue weighted by molar-refractivity contribution is 6.40. The van der Waals surface area contributed by atoms with Crippen molar-refractivity contribution in [3.63, 3.8) is 0 Å². The standard InChI is InChI=1S/C15H21BF2N6O3/c17-11-4-5-12(18)10(7-11)8-20-14(25)9-24-15(21-22-23-24)13(19)3-1-2-6-16(26)27/h4-5,7,13,26-27H,1-3,6,8-9,19H2,(H,20,25). The van der Waals surface area contributed by atoms with Crippen molar-refractivity contribution in [2.45, 2.75) is 44.7 Å². The number of aromatic nitrogens is 4. The molecule has 0 bridgehead atoms. The Morgan fingerprint density at radius 2 is 2.11 bits per heavy atom. The minimum absolute atomic E-state index is 0.0306. The number of hydrogen-bond acceptors (Lipinski definition) is 7. The number of amides is 1. The zero-order valence-electron chi connectivity index (χ0n) is 14.6. The van der Waals surface area contributed by atoms with E-state index in [-0.39, 0.29) is 25.0 Å². The van der Waals surface area contributed by atoms with E-state index in [1.165, 1.54) is 4.68 Å². The highest BCUT2D eigenvalue weighted by Crippen LogP contribution is 2.15. The van der Waals surface area contributed by atoms with E-state index < -0.39 is 30.7 Å². The van der Waals surface area contributed by atoms with Crippen LogP contribution in [-0.4, -0.2) is 43.3 Å². The quantitative estimate of drug-likeness (QED) is 0.333. The SMILES string of the molecule is NC(CCCCB(O)O)c1nnnn1CC(=O)NCc1cc(F)ccc1F. The van der Waals surface area contributed by atoms with Gasteiger partial charge in [0.15, 0.2) is 5.82 Å². The molecule has 0 radical (unpaired) electrons. The molecule has 1 amide bonds. The van der Waals surface area contributed by atoms with Gasteiger partial charge in [0.1, 0.15) is 18.2 Å². The Morgan fingerprint density at radius 3 is 2.85 bits per heavy atom. The molecule has 0 spiro atoms. The van der Waals surface area contributed by atoms with E-state index in [2.05, 4.69) is 20.8 Å². The topological polar surface area (TPSA) is 139 Å². The van der Waals surface area contributed by atoms with E-state index in [0.717, 1.165) is 18.2 Å². The van der Waals surface area contributed by atoms with Crippen molar-refractivity contribution in [3.8, 4) is 0 Å². The van der Waals surface area contributed by atoms with Crippen LogP contribution in [0.5, 0.6) is 0 Å². The summed E-state index contributed by atoms with van der Waals surface area (Å²) in [6.45, 7) is -0.391. The van der Waals surface area contributed by atoms with E-state index in [1.54, 1.807) is 0 Å². The van der Waals surface area contributed by atoms with E-state index in [1.807, 2.05) is 0 Å². The molecule has 2 aromatic rings. The van der Waals surface area contributed by atoms with E-state index >= 15 is 0 Å². The van der Waals surface area contributed by atoms with Crippen molar-refractivity contribution in [2.75, 3.05) is 0 Å². The van der Waals surface area contributed by atoms with Gasteiger partial charge in [0.2, 0.25) is 5.91 Å². The zero-order valence-corrected chi connectivity index (χ0v) is 14.6. The number of carbonyl (C=O) groups is 1. The molecule has 12 heteroatoms. The molecule has 0 fully saturated rings. The van der Waals surface area contributed by atoms with Gasteiger partial charge < -0.3 is 21.1 Å². The largest absolute Gasteiger partial charge is 0.451 e. The molecule has 1 aromatic heterocycles. The number of unbranched alkanes of at least 4 members (excludes halogenated alkanes) is 1. The number of halogens is 2. The summed E-state index contributed by atoms with van der Waals surface area (Å²) >= 11 is 0. The Bertz CT molecular complexity index is 761. The van der Waals surface area contributed by atoms with E-state index in [4.69, 9.17) is 15.8 Å². The van der Waals surface area contributed by atoms with Gasteiger partial charge in [-0.15, -0.1) is 5.10 Å². The summed E-state index contributed by atoms with van der Waals surface area (Å²) in [6, 6.07) is 2.48. The fraction of sp³-hybridized carbons (Fsp3) is 0.467. The van der Waals surface area contributed by atoms with Gasteiger partial charge in [0, 0.05) is 12.1 Å². The van der Waals surface area contributed by atoms with Crippen LogP contribution in [0.15, 0.2) is 18.2 Å². The maximum absolute atomic E-state index is 13.6. The molecule has 1 aromatic carbocycles. The second-order valence-electron chi connectivity index (χ2n) is 6.08. The molecule has 2 rings (SSSR count). The molecule has 27 heavy (non-hydrogen) atoms. The molecular weight excluding hydrogens is 361 g/mol. The van der Waals surface area contributed by atoms with Gasteiger partial charge in [-0.3, -0.25) is 4.79 Å². The molecule has 0 aliphatic carbocycles. The highest BCUT2D eigenvalue weighted by atomic mass is 19.1. The lowest BCUT2D eigenvalue weighted by Gasteiger charge is -2.12. The molecule has 9 nitrogen and oxygen atoms in total. The summed E-state index contributed by atoms with van der Waals surface area (Å²) in [7, 11) is -1.35. The lowest BCUT2D eigenvalue weighted by Crippen LogP contribution is -2.30. The highest BCUT2D eigenvalue weighted by Gasteiger charge is 2.17. The average molecular weight is 382 g/mol. The Kier molecular flexibility index (Phi) is 7.76. The van der Waals surface area contributed by atoms with Crippen LogP contribution in [0.3, 0.4) is 0 Å². The molecule has 0 aliphatic heterocycles. The maximum Gasteiger partial charge on any atom is 0.451 e. The first-order valence-electron chi connectivity index (χ1n) is 8.45. The second kappa shape index (κ2) is 10.0. The molecule has 0 saturated carbocycles. The molecule has 0 saturated heterocycles.